The molecule has 0 unspecified atom stereocenters. The second-order valence-corrected chi connectivity index (χ2v) is 4.76. The predicted molar refractivity (Wildman–Crippen MR) is 71.2 cm³/mol. The Balaban J connectivity index is 1.82. The van der Waals surface area contributed by atoms with Crippen molar-refractivity contribution in [2.75, 3.05) is 0 Å². The van der Waals surface area contributed by atoms with Crippen LogP contribution >= 0.6 is 0 Å². The van der Waals surface area contributed by atoms with E-state index in [0.29, 0.717) is 18.0 Å². The minimum atomic E-state index is 0.542. The van der Waals surface area contributed by atoms with Crippen molar-refractivity contribution < 1.29 is 0 Å². The molecule has 0 aliphatic rings. The van der Waals surface area contributed by atoms with Gasteiger partial charge in [-0.25, -0.2) is 14.5 Å². The maximum atomic E-state index is 4.55. The zero-order chi connectivity index (χ0) is 13.7. The van der Waals surface area contributed by atoms with Gasteiger partial charge < -0.3 is 0 Å². The monoisotopic (exact) mass is 268 g/mol. The van der Waals surface area contributed by atoms with E-state index < -0.39 is 0 Å². The van der Waals surface area contributed by atoms with Gasteiger partial charge in [-0.05, 0) is 19.9 Å². The molecule has 8 nitrogen and oxygen atoms in total. The lowest BCUT2D eigenvalue weighted by atomic mass is 10.4. The minimum absolute atomic E-state index is 0.542. The molecule has 8 heteroatoms. The molecule has 0 bridgehead atoms. The van der Waals surface area contributed by atoms with E-state index >= 15 is 0 Å². The molecule has 0 amide bonds. The van der Waals surface area contributed by atoms with Crippen molar-refractivity contribution in [3.8, 4) is 0 Å². The fourth-order valence-electron chi connectivity index (χ4n) is 2.32. The van der Waals surface area contributed by atoms with Gasteiger partial charge in [0.2, 0.25) is 0 Å². The summed E-state index contributed by atoms with van der Waals surface area (Å²) in [4.78, 5) is 8.78. The number of H-pyrrole nitrogens is 1. The third-order valence-corrected chi connectivity index (χ3v) is 3.23. The zero-order valence-corrected chi connectivity index (χ0v) is 11.1. The van der Waals surface area contributed by atoms with Gasteiger partial charge in [0.05, 0.1) is 17.3 Å². The van der Waals surface area contributed by atoms with Gasteiger partial charge in [0, 0.05) is 5.69 Å². The van der Waals surface area contributed by atoms with Crippen LogP contribution in [0.1, 0.15) is 17.2 Å². The van der Waals surface area contributed by atoms with E-state index in [1.807, 2.05) is 24.6 Å². The van der Waals surface area contributed by atoms with Crippen molar-refractivity contribution >= 4 is 16.7 Å². The average Bonchev–Trinajstić information content (AvgIpc) is 3.07. The van der Waals surface area contributed by atoms with E-state index in [1.54, 1.807) is 17.0 Å². The second-order valence-electron chi connectivity index (χ2n) is 4.76. The molecule has 0 saturated heterocycles. The molecule has 0 spiro atoms. The van der Waals surface area contributed by atoms with Crippen LogP contribution in [0.4, 0.5) is 0 Å². The van der Waals surface area contributed by atoms with Crippen molar-refractivity contribution in [3.63, 3.8) is 0 Å². The summed E-state index contributed by atoms with van der Waals surface area (Å²) in [5.74, 6) is 0.701. The van der Waals surface area contributed by atoms with Gasteiger partial charge in [-0.1, -0.05) is 0 Å². The fraction of sp³-hybridized carbons (Fsp3) is 0.250. The Kier molecular flexibility index (Phi) is 2.14. The number of aromatic amines is 1. The first-order valence-electron chi connectivity index (χ1n) is 6.25. The Morgan fingerprint density at radius 1 is 1.25 bits per heavy atom. The number of fused-ring (bicyclic) bond motifs is 3. The second kappa shape index (κ2) is 3.86. The van der Waals surface area contributed by atoms with Gasteiger partial charge in [0.1, 0.15) is 12.9 Å². The van der Waals surface area contributed by atoms with Crippen molar-refractivity contribution in [3.05, 3.63) is 35.8 Å². The summed E-state index contributed by atoms with van der Waals surface area (Å²) in [5, 5.41) is 16.5. The molecule has 0 saturated carbocycles. The molecule has 100 valence electrons. The van der Waals surface area contributed by atoms with Gasteiger partial charge in [-0.2, -0.15) is 10.2 Å². The molecule has 0 fully saturated rings. The van der Waals surface area contributed by atoms with E-state index in [9.17, 15) is 0 Å². The SMILES string of the molecule is Cc1cc(C)n(Cc2nc3c4cn[nH]c4ncn3n2)n1. The normalized spacial score (nSPS) is 11.7. The van der Waals surface area contributed by atoms with Crippen LogP contribution in [0.25, 0.3) is 16.7 Å². The van der Waals surface area contributed by atoms with Crippen LogP contribution in [0.15, 0.2) is 18.6 Å². The van der Waals surface area contributed by atoms with Crippen LogP contribution < -0.4 is 0 Å². The maximum Gasteiger partial charge on any atom is 0.173 e. The van der Waals surface area contributed by atoms with Gasteiger partial charge in [-0.15, -0.1) is 5.10 Å². The van der Waals surface area contributed by atoms with E-state index in [-0.39, 0.29) is 0 Å². The first-order chi connectivity index (χ1) is 9.70. The quantitative estimate of drug-likeness (QED) is 0.582. The summed E-state index contributed by atoms with van der Waals surface area (Å²) in [6, 6.07) is 2.03. The number of nitrogens with zero attached hydrogens (tertiary/aromatic N) is 7. The van der Waals surface area contributed by atoms with E-state index in [0.717, 1.165) is 22.4 Å². The molecule has 0 aliphatic heterocycles. The molecule has 4 heterocycles. The number of aryl methyl sites for hydroxylation is 2. The van der Waals surface area contributed by atoms with Crippen LogP contribution in [0.2, 0.25) is 0 Å². The molecule has 1 N–H and O–H groups in total. The van der Waals surface area contributed by atoms with Crippen molar-refractivity contribution in [1.82, 2.24) is 39.6 Å². The van der Waals surface area contributed by atoms with Gasteiger partial charge in [0.25, 0.3) is 0 Å². The number of aromatic nitrogens is 8. The molecule has 20 heavy (non-hydrogen) atoms. The fourth-order valence-corrected chi connectivity index (χ4v) is 2.32. The van der Waals surface area contributed by atoms with Crippen LogP contribution in [0.3, 0.4) is 0 Å². The number of hydrogen-bond acceptors (Lipinski definition) is 5. The van der Waals surface area contributed by atoms with Gasteiger partial charge >= 0.3 is 0 Å². The van der Waals surface area contributed by atoms with Crippen molar-refractivity contribution in [2.24, 2.45) is 0 Å². The van der Waals surface area contributed by atoms with Gasteiger partial charge in [-0.3, -0.25) is 9.78 Å². The molecular weight excluding hydrogens is 256 g/mol. The Morgan fingerprint density at radius 3 is 2.95 bits per heavy atom. The molecule has 0 radical (unpaired) electrons. The number of hydrogen-bond donors (Lipinski definition) is 1. The highest BCUT2D eigenvalue weighted by molar-refractivity contribution is 5.87. The van der Waals surface area contributed by atoms with E-state index in [2.05, 4.69) is 30.4 Å². The highest BCUT2D eigenvalue weighted by Gasteiger charge is 2.11. The van der Waals surface area contributed by atoms with E-state index in [4.69, 9.17) is 0 Å². The lowest BCUT2D eigenvalue weighted by Crippen LogP contribution is -2.05. The number of nitrogens with one attached hydrogen (secondary N) is 1. The van der Waals surface area contributed by atoms with Crippen LogP contribution in [0, 0.1) is 13.8 Å². The lowest BCUT2D eigenvalue weighted by molar-refractivity contribution is 0.630. The molecular formula is C12H12N8. The van der Waals surface area contributed by atoms with Crippen LogP contribution in [-0.4, -0.2) is 39.6 Å². The summed E-state index contributed by atoms with van der Waals surface area (Å²) in [5.41, 5.74) is 3.54. The van der Waals surface area contributed by atoms with Crippen molar-refractivity contribution in [1.29, 1.82) is 0 Å². The van der Waals surface area contributed by atoms with Crippen molar-refractivity contribution in [2.45, 2.75) is 20.4 Å². The minimum Gasteiger partial charge on any atom is -0.262 e. The summed E-state index contributed by atoms with van der Waals surface area (Å²) >= 11 is 0. The molecule has 4 aromatic rings. The Morgan fingerprint density at radius 2 is 2.15 bits per heavy atom. The first kappa shape index (κ1) is 11.1. The third-order valence-electron chi connectivity index (χ3n) is 3.23. The van der Waals surface area contributed by atoms with Crippen LogP contribution in [-0.2, 0) is 6.54 Å². The highest BCUT2D eigenvalue weighted by Crippen LogP contribution is 2.14. The molecule has 4 aromatic heterocycles. The topological polar surface area (TPSA) is 89.6 Å². The highest BCUT2D eigenvalue weighted by atomic mass is 15.4. The van der Waals surface area contributed by atoms with Gasteiger partial charge in [0.15, 0.2) is 17.1 Å². The summed E-state index contributed by atoms with van der Waals surface area (Å²) in [6.07, 6.45) is 3.34. The smallest absolute Gasteiger partial charge is 0.173 e. The lowest BCUT2D eigenvalue weighted by Gasteiger charge is -1.98. The molecule has 0 atom stereocenters. The number of rotatable bonds is 2. The first-order valence-corrected chi connectivity index (χ1v) is 6.25. The molecule has 0 aromatic carbocycles. The standard InChI is InChI=1S/C12H12N8/c1-7-3-8(2)19(17-7)5-10-15-12-9-4-14-16-11(9)13-6-20(12)18-10/h3-4,6H,5H2,1-2H3,(H,14,16). The average molecular weight is 268 g/mol. The Hall–Kier alpha value is -2.77. The molecule has 0 aliphatic carbocycles. The predicted octanol–water partition coefficient (Wildman–Crippen LogP) is 0.862. The van der Waals surface area contributed by atoms with E-state index in [1.165, 1.54) is 0 Å². The largest absolute Gasteiger partial charge is 0.262 e. The Labute approximate surface area is 113 Å². The van der Waals surface area contributed by atoms with Crippen LogP contribution in [0.5, 0.6) is 0 Å². The molecule has 4 rings (SSSR count). The summed E-state index contributed by atoms with van der Waals surface area (Å²) < 4.78 is 3.56. The third kappa shape index (κ3) is 1.58. The Bertz CT molecular complexity index is 912. The maximum absolute atomic E-state index is 4.55. The zero-order valence-electron chi connectivity index (χ0n) is 11.1. The summed E-state index contributed by atoms with van der Waals surface area (Å²) in [6.45, 7) is 4.53. The summed E-state index contributed by atoms with van der Waals surface area (Å²) in [7, 11) is 0.